The summed E-state index contributed by atoms with van der Waals surface area (Å²) in [5, 5.41) is 3.48. The SMILES string of the molecule is Cc1cc(C)cc(C2CC(=O)c3ccccc3N2)c1. The van der Waals surface area contributed by atoms with Crippen LogP contribution in [-0.2, 0) is 0 Å². The summed E-state index contributed by atoms with van der Waals surface area (Å²) in [4.78, 5) is 12.2. The van der Waals surface area contributed by atoms with E-state index in [0.29, 0.717) is 6.42 Å². The molecule has 1 aliphatic rings. The van der Waals surface area contributed by atoms with Gasteiger partial charge in [-0.2, -0.15) is 0 Å². The largest absolute Gasteiger partial charge is 0.377 e. The van der Waals surface area contributed by atoms with Crippen LogP contribution >= 0.6 is 0 Å². The molecular weight excluding hydrogens is 234 g/mol. The van der Waals surface area contributed by atoms with Gasteiger partial charge in [-0.25, -0.2) is 0 Å². The molecule has 0 spiro atoms. The smallest absolute Gasteiger partial charge is 0.167 e. The molecule has 0 aliphatic carbocycles. The molecule has 1 N–H and O–H groups in total. The van der Waals surface area contributed by atoms with Gasteiger partial charge in [0.25, 0.3) is 0 Å². The maximum absolute atomic E-state index is 12.2. The van der Waals surface area contributed by atoms with E-state index in [1.807, 2.05) is 24.3 Å². The van der Waals surface area contributed by atoms with Gasteiger partial charge in [0.1, 0.15) is 0 Å². The summed E-state index contributed by atoms with van der Waals surface area (Å²) in [5.74, 6) is 0.221. The molecule has 0 saturated carbocycles. The summed E-state index contributed by atoms with van der Waals surface area (Å²) >= 11 is 0. The number of hydrogen-bond donors (Lipinski definition) is 1. The number of para-hydroxylation sites is 1. The van der Waals surface area contributed by atoms with Gasteiger partial charge in [0, 0.05) is 17.7 Å². The lowest BCUT2D eigenvalue weighted by Gasteiger charge is -2.27. The zero-order valence-corrected chi connectivity index (χ0v) is 11.2. The standard InChI is InChI=1S/C17H17NO/c1-11-7-12(2)9-13(8-11)16-10-17(19)14-5-3-4-6-15(14)18-16/h3-9,16,18H,10H2,1-2H3. The molecule has 2 nitrogen and oxygen atoms in total. The third kappa shape index (κ3) is 2.26. The van der Waals surface area contributed by atoms with Crippen molar-refractivity contribution in [2.75, 3.05) is 5.32 Å². The number of benzene rings is 2. The number of carbonyl (C=O) groups is 1. The van der Waals surface area contributed by atoms with E-state index in [4.69, 9.17) is 0 Å². The number of fused-ring (bicyclic) bond motifs is 1. The molecule has 0 bridgehead atoms. The minimum Gasteiger partial charge on any atom is -0.377 e. The molecule has 0 radical (unpaired) electrons. The highest BCUT2D eigenvalue weighted by Crippen LogP contribution is 2.32. The third-order valence-electron chi connectivity index (χ3n) is 3.59. The second-order valence-electron chi connectivity index (χ2n) is 5.29. The molecular formula is C17H17NO. The Bertz CT molecular complexity index is 625. The molecule has 0 aromatic heterocycles. The first-order valence-electron chi connectivity index (χ1n) is 6.60. The van der Waals surface area contributed by atoms with Crippen LogP contribution in [0.1, 0.15) is 39.5 Å². The molecule has 0 saturated heterocycles. The van der Waals surface area contributed by atoms with Gasteiger partial charge in [-0.1, -0.05) is 41.5 Å². The summed E-state index contributed by atoms with van der Waals surface area (Å²) in [6.45, 7) is 4.18. The van der Waals surface area contributed by atoms with Crippen LogP contribution in [0.2, 0.25) is 0 Å². The fraction of sp³-hybridized carbons (Fsp3) is 0.235. The summed E-state index contributed by atoms with van der Waals surface area (Å²) < 4.78 is 0. The van der Waals surface area contributed by atoms with E-state index in [0.717, 1.165) is 11.3 Å². The second-order valence-corrected chi connectivity index (χ2v) is 5.29. The van der Waals surface area contributed by atoms with Crippen molar-refractivity contribution < 1.29 is 4.79 Å². The number of anilines is 1. The minimum absolute atomic E-state index is 0.0843. The quantitative estimate of drug-likeness (QED) is 0.828. The van der Waals surface area contributed by atoms with Gasteiger partial charge in [-0.05, 0) is 31.5 Å². The Balaban J connectivity index is 1.99. The summed E-state index contributed by atoms with van der Waals surface area (Å²) in [5.41, 5.74) is 5.43. The molecule has 3 rings (SSSR count). The van der Waals surface area contributed by atoms with Gasteiger partial charge < -0.3 is 5.32 Å². The van der Waals surface area contributed by atoms with E-state index >= 15 is 0 Å². The van der Waals surface area contributed by atoms with Gasteiger partial charge in [-0.3, -0.25) is 4.79 Å². The van der Waals surface area contributed by atoms with Crippen LogP contribution < -0.4 is 5.32 Å². The van der Waals surface area contributed by atoms with E-state index in [1.54, 1.807) is 0 Å². The van der Waals surface area contributed by atoms with Crippen LogP contribution in [0.4, 0.5) is 5.69 Å². The van der Waals surface area contributed by atoms with Gasteiger partial charge in [0.05, 0.1) is 6.04 Å². The van der Waals surface area contributed by atoms with E-state index in [1.165, 1.54) is 16.7 Å². The van der Waals surface area contributed by atoms with E-state index in [-0.39, 0.29) is 11.8 Å². The Morgan fingerprint density at radius 1 is 1.05 bits per heavy atom. The van der Waals surface area contributed by atoms with Crippen molar-refractivity contribution in [3.05, 3.63) is 64.7 Å². The Morgan fingerprint density at radius 2 is 1.74 bits per heavy atom. The van der Waals surface area contributed by atoms with Gasteiger partial charge in [0.15, 0.2) is 5.78 Å². The fourth-order valence-corrected chi connectivity index (χ4v) is 2.80. The molecule has 1 atom stereocenters. The summed E-state index contributed by atoms with van der Waals surface area (Å²) in [7, 11) is 0. The lowest BCUT2D eigenvalue weighted by molar-refractivity contribution is 0.0972. The van der Waals surface area contributed by atoms with Gasteiger partial charge in [-0.15, -0.1) is 0 Å². The summed E-state index contributed by atoms with van der Waals surface area (Å²) in [6, 6.07) is 14.3. The van der Waals surface area contributed by atoms with Gasteiger partial charge in [0.2, 0.25) is 0 Å². The van der Waals surface area contributed by atoms with Crippen LogP contribution in [0.15, 0.2) is 42.5 Å². The average Bonchev–Trinajstić information content (AvgIpc) is 2.37. The Morgan fingerprint density at radius 3 is 2.47 bits per heavy atom. The Labute approximate surface area is 113 Å². The predicted molar refractivity (Wildman–Crippen MR) is 77.7 cm³/mol. The van der Waals surface area contributed by atoms with Crippen LogP contribution in [0, 0.1) is 13.8 Å². The zero-order chi connectivity index (χ0) is 13.4. The number of Topliss-reactive ketones (excluding diaryl/α,β-unsaturated/α-hetero) is 1. The van der Waals surface area contributed by atoms with Crippen molar-refractivity contribution in [2.24, 2.45) is 0 Å². The van der Waals surface area contributed by atoms with E-state index in [2.05, 4.69) is 37.4 Å². The van der Waals surface area contributed by atoms with Crippen molar-refractivity contribution in [1.29, 1.82) is 0 Å². The number of aryl methyl sites for hydroxylation is 2. The molecule has 2 aromatic carbocycles. The van der Waals surface area contributed by atoms with Crippen LogP contribution in [0.3, 0.4) is 0 Å². The van der Waals surface area contributed by atoms with Crippen LogP contribution in [0.25, 0.3) is 0 Å². The van der Waals surface area contributed by atoms with Crippen molar-refractivity contribution in [2.45, 2.75) is 26.3 Å². The first-order chi connectivity index (χ1) is 9.13. The minimum atomic E-state index is 0.0843. The van der Waals surface area contributed by atoms with Crippen molar-refractivity contribution in [3.63, 3.8) is 0 Å². The molecule has 1 heterocycles. The molecule has 96 valence electrons. The molecule has 2 heteroatoms. The summed E-state index contributed by atoms with van der Waals surface area (Å²) in [6.07, 6.45) is 0.528. The Kier molecular flexibility index (Phi) is 2.86. The average molecular weight is 251 g/mol. The fourth-order valence-electron chi connectivity index (χ4n) is 2.80. The first kappa shape index (κ1) is 12.0. The van der Waals surface area contributed by atoms with E-state index < -0.39 is 0 Å². The number of ketones is 1. The van der Waals surface area contributed by atoms with E-state index in [9.17, 15) is 4.79 Å². The number of carbonyl (C=O) groups excluding carboxylic acids is 1. The lowest BCUT2D eigenvalue weighted by atomic mass is 9.91. The second kappa shape index (κ2) is 4.54. The van der Waals surface area contributed by atoms with Crippen LogP contribution in [0.5, 0.6) is 0 Å². The topological polar surface area (TPSA) is 29.1 Å². The first-order valence-corrected chi connectivity index (χ1v) is 6.60. The third-order valence-corrected chi connectivity index (χ3v) is 3.59. The predicted octanol–water partition coefficient (Wildman–Crippen LogP) is 4.04. The lowest BCUT2D eigenvalue weighted by Crippen LogP contribution is -2.22. The molecule has 1 unspecified atom stereocenters. The molecule has 1 aliphatic heterocycles. The molecule has 0 fully saturated rings. The van der Waals surface area contributed by atoms with Crippen LogP contribution in [-0.4, -0.2) is 5.78 Å². The van der Waals surface area contributed by atoms with Crippen molar-refractivity contribution in [3.8, 4) is 0 Å². The van der Waals surface area contributed by atoms with Crippen molar-refractivity contribution >= 4 is 11.5 Å². The maximum atomic E-state index is 12.2. The number of nitrogens with one attached hydrogen (secondary N) is 1. The molecule has 0 amide bonds. The zero-order valence-electron chi connectivity index (χ0n) is 11.2. The number of rotatable bonds is 1. The highest BCUT2D eigenvalue weighted by Gasteiger charge is 2.25. The van der Waals surface area contributed by atoms with Gasteiger partial charge >= 0.3 is 0 Å². The number of hydrogen-bond acceptors (Lipinski definition) is 2. The maximum Gasteiger partial charge on any atom is 0.167 e. The van der Waals surface area contributed by atoms with Crippen molar-refractivity contribution in [1.82, 2.24) is 0 Å². The molecule has 2 aromatic rings. The highest BCUT2D eigenvalue weighted by atomic mass is 16.1. The monoisotopic (exact) mass is 251 g/mol. The highest BCUT2D eigenvalue weighted by molar-refractivity contribution is 6.03. The Hall–Kier alpha value is -2.09. The molecule has 19 heavy (non-hydrogen) atoms. The normalized spacial score (nSPS) is 17.8.